The van der Waals surface area contributed by atoms with Crippen molar-refractivity contribution < 1.29 is 9.47 Å². The van der Waals surface area contributed by atoms with Crippen LogP contribution in [0.3, 0.4) is 0 Å². The standard InChI is InChI=1S/C15H20N2O2S/c1-18-14-5-3-13(4-6-14)10-17-11-15(9-16-12-17)19-7-8-20-2/h3-6,9,11H,7-8,10,12H2,1-2H3. The Morgan fingerprint density at radius 2 is 2.10 bits per heavy atom. The predicted octanol–water partition coefficient (Wildman–Crippen LogP) is 2.76. The van der Waals surface area contributed by atoms with Gasteiger partial charge in [0, 0.05) is 18.5 Å². The SMILES string of the molecule is COc1ccc(CN2C=C(OCCSC)C=NC2)cc1. The highest BCUT2D eigenvalue weighted by Crippen LogP contribution is 2.15. The van der Waals surface area contributed by atoms with Gasteiger partial charge in [-0.3, -0.25) is 4.99 Å². The molecule has 0 atom stereocenters. The molecule has 0 N–H and O–H groups in total. The Morgan fingerprint density at radius 1 is 1.30 bits per heavy atom. The summed E-state index contributed by atoms with van der Waals surface area (Å²) >= 11 is 1.77. The van der Waals surface area contributed by atoms with E-state index < -0.39 is 0 Å². The number of benzene rings is 1. The molecule has 1 aliphatic rings. The molecule has 1 aromatic carbocycles. The number of aliphatic imine (C=N–C) groups is 1. The van der Waals surface area contributed by atoms with E-state index in [9.17, 15) is 0 Å². The lowest BCUT2D eigenvalue weighted by Crippen LogP contribution is -2.22. The minimum atomic E-state index is 0.668. The van der Waals surface area contributed by atoms with E-state index in [0.29, 0.717) is 6.67 Å². The summed E-state index contributed by atoms with van der Waals surface area (Å²) < 4.78 is 10.8. The molecule has 0 bridgehead atoms. The number of hydrogen-bond donors (Lipinski definition) is 0. The van der Waals surface area contributed by atoms with Crippen LogP contribution in [0.25, 0.3) is 0 Å². The van der Waals surface area contributed by atoms with Crippen LogP contribution in [0.5, 0.6) is 5.75 Å². The van der Waals surface area contributed by atoms with Gasteiger partial charge in [0.2, 0.25) is 0 Å². The van der Waals surface area contributed by atoms with Crippen LogP contribution in [0.1, 0.15) is 5.56 Å². The first-order valence-electron chi connectivity index (χ1n) is 6.52. The van der Waals surface area contributed by atoms with E-state index in [4.69, 9.17) is 9.47 Å². The summed E-state index contributed by atoms with van der Waals surface area (Å²) in [5, 5.41) is 0. The second-order valence-corrected chi connectivity index (χ2v) is 5.41. The number of thioether (sulfide) groups is 1. The van der Waals surface area contributed by atoms with E-state index in [1.165, 1.54) is 5.56 Å². The summed E-state index contributed by atoms with van der Waals surface area (Å²) in [4.78, 5) is 6.46. The molecule has 5 heteroatoms. The highest BCUT2D eigenvalue weighted by molar-refractivity contribution is 7.98. The van der Waals surface area contributed by atoms with Crippen LogP contribution in [-0.4, -0.2) is 43.5 Å². The molecule has 0 spiro atoms. The van der Waals surface area contributed by atoms with Gasteiger partial charge in [0.1, 0.15) is 12.4 Å². The fraction of sp³-hybridized carbons (Fsp3) is 0.400. The fourth-order valence-electron chi connectivity index (χ4n) is 1.87. The summed E-state index contributed by atoms with van der Waals surface area (Å²) in [7, 11) is 1.68. The van der Waals surface area contributed by atoms with E-state index in [1.807, 2.05) is 18.3 Å². The smallest absolute Gasteiger partial charge is 0.153 e. The van der Waals surface area contributed by atoms with Gasteiger partial charge in [-0.05, 0) is 24.0 Å². The van der Waals surface area contributed by atoms with Crippen LogP contribution < -0.4 is 4.74 Å². The average Bonchev–Trinajstić information content (AvgIpc) is 2.49. The number of nitrogens with zero attached hydrogens (tertiary/aromatic N) is 2. The summed E-state index contributed by atoms with van der Waals surface area (Å²) in [5.41, 5.74) is 1.22. The topological polar surface area (TPSA) is 34.1 Å². The van der Waals surface area contributed by atoms with Gasteiger partial charge in [0.05, 0.1) is 19.9 Å². The van der Waals surface area contributed by atoms with Crippen molar-refractivity contribution in [2.45, 2.75) is 6.54 Å². The lowest BCUT2D eigenvalue weighted by molar-refractivity contribution is 0.236. The van der Waals surface area contributed by atoms with E-state index in [1.54, 1.807) is 25.1 Å². The van der Waals surface area contributed by atoms with Crippen LogP contribution >= 0.6 is 11.8 Å². The monoisotopic (exact) mass is 292 g/mol. The first-order valence-corrected chi connectivity index (χ1v) is 7.91. The summed E-state index contributed by atoms with van der Waals surface area (Å²) in [6, 6.07) is 8.09. The number of hydrogen-bond acceptors (Lipinski definition) is 5. The maximum absolute atomic E-state index is 5.66. The average molecular weight is 292 g/mol. The van der Waals surface area contributed by atoms with E-state index in [-0.39, 0.29) is 0 Å². The van der Waals surface area contributed by atoms with Gasteiger partial charge < -0.3 is 14.4 Å². The Morgan fingerprint density at radius 3 is 2.80 bits per heavy atom. The van der Waals surface area contributed by atoms with Crippen LogP contribution in [0.2, 0.25) is 0 Å². The van der Waals surface area contributed by atoms with Gasteiger partial charge >= 0.3 is 0 Å². The first kappa shape index (κ1) is 14.8. The molecule has 0 aromatic heterocycles. The molecule has 0 fully saturated rings. The molecule has 4 nitrogen and oxygen atoms in total. The third-order valence-electron chi connectivity index (χ3n) is 2.89. The molecule has 0 unspecified atom stereocenters. The van der Waals surface area contributed by atoms with Gasteiger partial charge in [0.25, 0.3) is 0 Å². The van der Waals surface area contributed by atoms with Crippen LogP contribution in [0, 0.1) is 0 Å². The highest BCUT2D eigenvalue weighted by Gasteiger charge is 2.08. The molecule has 1 aromatic rings. The van der Waals surface area contributed by atoms with Crippen molar-refractivity contribution in [3.63, 3.8) is 0 Å². The van der Waals surface area contributed by atoms with E-state index in [0.717, 1.165) is 30.4 Å². The summed E-state index contributed by atoms with van der Waals surface area (Å²) in [6.07, 6.45) is 5.89. The zero-order valence-corrected chi connectivity index (χ0v) is 12.7. The number of ether oxygens (including phenoxy) is 2. The third-order valence-corrected chi connectivity index (χ3v) is 3.47. The number of rotatable bonds is 7. The Balaban J connectivity index is 1.90. The van der Waals surface area contributed by atoms with Gasteiger partial charge in [0.15, 0.2) is 5.76 Å². The molecule has 0 saturated carbocycles. The molecular weight excluding hydrogens is 272 g/mol. The zero-order chi connectivity index (χ0) is 14.2. The fourth-order valence-corrected chi connectivity index (χ4v) is 2.12. The van der Waals surface area contributed by atoms with Crippen LogP contribution in [0.4, 0.5) is 0 Å². The lowest BCUT2D eigenvalue weighted by atomic mass is 10.2. The Labute approximate surface area is 124 Å². The zero-order valence-electron chi connectivity index (χ0n) is 11.9. The minimum absolute atomic E-state index is 0.668. The van der Waals surface area contributed by atoms with Crippen molar-refractivity contribution in [3.8, 4) is 5.75 Å². The quantitative estimate of drug-likeness (QED) is 0.724. The molecular formula is C15H20N2O2S. The summed E-state index contributed by atoms with van der Waals surface area (Å²) in [5.74, 6) is 2.70. The molecule has 0 radical (unpaired) electrons. The normalized spacial score (nSPS) is 14.1. The van der Waals surface area contributed by atoms with Gasteiger partial charge in [-0.1, -0.05) is 12.1 Å². The summed E-state index contributed by atoms with van der Waals surface area (Å²) in [6.45, 7) is 2.20. The van der Waals surface area contributed by atoms with Crippen molar-refractivity contribution in [2.75, 3.05) is 32.4 Å². The van der Waals surface area contributed by atoms with Crippen molar-refractivity contribution >= 4 is 18.0 Å². The maximum Gasteiger partial charge on any atom is 0.153 e. The molecule has 2 rings (SSSR count). The van der Waals surface area contributed by atoms with Gasteiger partial charge in [-0.25, -0.2) is 0 Å². The van der Waals surface area contributed by atoms with Crippen molar-refractivity contribution in [1.82, 2.24) is 4.90 Å². The second kappa shape index (κ2) is 7.85. The van der Waals surface area contributed by atoms with Gasteiger partial charge in [-0.2, -0.15) is 11.8 Å². The van der Waals surface area contributed by atoms with Crippen molar-refractivity contribution in [1.29, 1.82) is 0 Å². The molecule has 1 heterocycles. The van der Waals surface area contributed by atoms with Crippen LogP contribution in [-0.2, 0) is 11.3 Å². The maximum atomic E-state index is 5.66. The lowest BCUT2D eigenvalue weighted by Gasteiger charge is -2.22. The van der Waals surface area contributed by atoms with Crippen molar-refractivity contribution in [2.24, 2.45) is 4.99 Å². The molecule has 0 amide bonds. The third kappa shape index (κ3) is 4.49. The number of methoxy groups -OCH3 is 1. The van der Waals surface area contributed by atoms with Crippen LogP contribution in [0.15, 0.2) is 41.2 Å². The van der Waals surface area contributed by atoms with Crippen molar-refractivity contribution in [3.05, 3.63) is 41.8 Å². The highest BCUT2D eigenvalue weighted by atomic mass is 32.2. The van der Waals surface area contributed by atoms with E-state index >= 15 is 0 Å². The molecule has 0 aliphatic carbocycles. The minimum Gasteiger partial charge on any atom is -0.497 e. The largest absolute Gasteiger partial charge is 0.497 e. The Bertz CT molecular complexity index is 471. The number of allylic oxidation sites excluding steroid dienone is 1. The van der Waals surface area contributed by atoms with Gasteiger partial charge in [-0.15, -0.1) is 0 Å². The molecule has 20 heavy (non-hydrogen) atoms. The van der Waals surface area contributed by atoms with E-state index in [2.05, 4.69) is 28.3 Å². The second-order valence-electron chi connectivity index (χ2n) is 4.42. The predicted molar refractivity (Wildman–Crippen MR) is 84.3 cm³/mol. The molecule has 1 aliphatic heterocycles. The molecule has 0 saturated heterocycles. The Kier molecular flexibility index (Phi) is 5.80. The Hall–Kier alpha value is -1.62. The molecule has 108 valence electrons. The first-order chi connectivity index (χ1) is 9.81.